The molecule has 2 saturated heterocycles. The van der Waals surface area contributed by atoms with E-state index in [1.54, 1.807) is 18.4 Å². The first-order chi connectivity index (χ1) is 12.9. The smallest absolute Gasteiger partial charge is 0.354 e. The van der Waals surface area contributed by atoms with Crippen molar-refractivity contribution in [1.29, 1.82) is 0 Å². The molecule has 0 saturated carbocycles. The highest BCUT2D eigenvalue weighted by Gasteiger charge is 2.34. The van der Waals surface area contributed by atoms with E-state index in [1.165, 1.54) is 22.6 Å². The van der Waals surface area contributed by atoms with Crippen LogP contribution in [0.4, 0.5) is 13.2 Å². The lowest BCUT2D eigenvalue weighted by molar-refractivity contribution is -0.143. The van der Waals surface area contributed by atoms with Gasteiger partial charge in [-0.25, -0.2) is 0 Å². The average Bonchev–Trinajstić information content (AvgIpc) is 3.36. The predicted molar refractivity (Wildman–Crippen MR) is 103 cm³/mol. The molecule has 2 N–H and O–H groups in total. The minimum absolute atomic E-state index is 0.00877. The van der Waals surface area contributed by atoms with Crippen LogP contribution in [0.15, 0.2) is 22.5 Å². The first-order valence-corrected chi connectivity index (χ1v) is 10.4. The van der Waals surface area contributed by atoms with Crippen LogP contribution in [-0.4, -0.2) is 74.3 Å². The third-order valence-corrected chi connectivity index (χ3v) is 6.13. The molecule has 2 aliphatic heterocycles. The maximum absolute atomic E-state index is 12.6. The first-order valence-electron chi connectivity index (χ1n) is 9.48. The van der Waals surface area contributed by atoms with Crippen LogP contribution in [0.1, 0.15) is 30.2 Å². The van der Waals surface area contributed by atoms with Crippen LogP contribution >= 0.6 is 11.3 Å². The standard InChI is InChI=1S/C18H28F3N5S/c1-22-17(24-14-6-9-25(12-14)13-18(19,20)21)23-11-15(16-5-4-10-27-16)26-7-2-3-8-26/h4-5,10,14-15H,2-3,6-9,11-13H2,1H3,(H2,22,23,24). The summed E-state index contributed by atoms with van der Waals surface area (Å²) in [5, 5.41) is 8.77. The fourth-order valence-corrected chi connectivity index (χ4v) is 4.73. The molecule has 0 aromatic carbocycles. The van der Waals surface area contributed by atoms with Crippen molar-refractivity contribution in [3.05, 3.63) is 22.4 Å². The van der Waals surface area contributed by atoms with E-state index in [-0.39, 0.29) is 6.04 Å². The normalized spacial score (nSPS) is 23.7. The highest BCUT2D eigenvalue weighted by molar-refractivity contribution is 7.10. The third-order valence-electron chi connectivity index (χ3n) is 5.16. The molecule has 2 atom stereocenters. The number of alkyl halides is 3. The van der Waals surface area contributed by atoms with E-state index < -0.39 is 12.7 Å². The van der Waals surface area contributed by atoms with Crippen molar-refractivity contribution in [2.24, 2.45) is 4.99 Å². The quantitative estimate of drug-likeness (QED) is 0.566. The van der Waals surface area contributed by atoms with E-state index in [0.717, 1.165) is 19.6 Å². The van der Waals surface area contributed by atoms with E-state index >= 15 is 0 Å². The number of halogens is 3. The zero-order chi connectivity index (χ0) is 19.3. The monoisotopic (exact) mass is 403 g/mol. The van der Waals surface area contributed by atoms with Gasteiger partial charge in [0, 0.05) is 37.6 Å². The molecule has 0 amide bonds. The molecule has 152 valence electrons. The third kappa shape index (κ3) is 6.08. The number of guanidine groups is 1. The largest absolute Gasteiger partial charge is 0.401 e. The number of thiophene rings is 1. The molecule has 9 heteroatoms. The fraction of sp³-hybridized carbons (Fsp3) is 0.722. The molecular formula is C18H28F3N5S. The maximum Gasteiger partial charge on any atom is 0.401 e. The van der Waals surface area contributed by atoms with Crippen molar-refractivity contribution >= 4 is 17.3 Å². The summed E-state index contributed by atoms with van der Waals surface area (Å²) in [6.45, 7) is 2.95. The Kier molecular flexibility index (Phi) is 6.99. The van der Waals surface area contributed by atoms with Crippen LogP contribution in [0.3, 0.4) is 0 Å². The number of hydrogen-bond donors (Lipinski definition) is 2. The predicted octanol–water partition coefficient (Wildman–Crippen LogP) is 2.69. The Balaban J connectivity index is 1.51. The van der Waals surface area contributed by atoms with Crippen LogP contribution in [0.2, 0.25) is 0 Å². The average molecular weight is 404 g/mol. The molecule has 3 rings (SSSR count). The summed E-state index contributed by atoms with van der Waals surface area (Å²) in [5.74, 6) is 0.662. The van der Waals surface area contributed by atoms with Gasteiger partial charge in [0.1, 0.15) is 0 Å². The van der Waals surface area contributed by atoms with Crippen molar-refractivity contribution in [3.8, 4) is 0 Å². The van der Waals surface area contributed by atoms with Gasteiger partial charge < -0.3 is 10.6 Å². The Morgan fingerprint density at radius 1 is 1.33 bits per heavy atom. The van der Waals surface area contributed by atoms with Crippen molar-refractivity contribution < 1.29 is 13.2 Å². The summed E-state index contributed by atoms with van der Waals surface area (Å²) in [6, 6.07) is 4.53. The van der Waals surface area contributed by atoms with Crippen LogP contribution < -0.4 is 10.6 Å². The SMILES string of the molecule is CN=C(NCC(c1cccs1)N1CCCC1)NC1CCN(CC(F)(F)F)C1. The Hall–Kier alpha value is -1.32. The van der Waals surface area contributed by atoms with E-state index in [0.29, 0.717) is 31.5 Å². The van der Waals surface area contributed by atoms with Gasteiger partial charge in [-0.3, -0.25) is 14.8 Å². The molecule has 27 heavy (non-hydrogen) atoms. The minimum Gasteiger partial charge on any atom is -0.354 e. The highest BCUT2D eigenvalue weighted by Crippen LogP contribution is 2.27. The van der Waals surface area contributed by atoms with Gasteiger partial charge in [0.15, 0.2) is 5.96 Å². The second-order valence-electron chi connectivity index (χ2n) is 7.21. The van der Waals surface area contributed by atoms with Crippen LogP contribution in [0.5, 0.6) is 0 Å². The van der Waals surface area contributed by atoms with Gasteiger partial charge in [0.25, 0.3) is 0 Å². The molecule has 0 radical (unpaired) electrons. The highest BCUT2D eigenvalue weighted by atomic mass is 32.1. The lowest BCUT2D eigenvalue weighted by Crippen LogP contribution is -2.47. The molecular weight excluding hydrogens is 375 g/mol. The van der Waals surface area contributed by atoms with Crippen molar-refractivity contribution in [2.45, 2.75) is 37.5 Å². The fourth-order valence-electron chi connectivity index (χ4n) is 3.87. The second kappa shape index (κ2) is 9.25. The molecule has 2 fully saturated rings. The molecule has 2 unspecified atom stereocenters. The van der Waals surface area contributed by atoms with Gasteiger partial charge in [0.2, 0.25) is 0 Å². The Morgan fingerprint density at radius 3 is 2.74 bits per heavy atom. The van der Waals surface area contributed by atoms with Crippen molar-refractivity contribution in [3.63, 3.8) is 0 Å². The van der Waals surface area contributed by atoms with Crippen LogP contribution in [-0.2, 0) is 0 Å². The van der Waals surface area contributed by atoms with Crippen molar-refractivity contribution in [1.82, 2.24) is 20.4 Å². The molecule has 1 aromatic heterocycles. The molecule has 1 aromatic rings. The summed E-state index contributed by atoms with van der Waals surface area (Å²) in [5.41, 5.74) is 0. The summed E-state index contributed by atoms with van der Waals surface area (Å²) >= 11 is 1.76. The lowest BCUT2D eigenvalue weighted by Gasteiger charge is -2.28. The number of likely N-dealkylation sites (tertiary alicyclic amines) is 2. The van der Waals surface area contributed by atoms with E-state index in [2.05, 4.69) is 38.0 Å². The minimum atomic E-state index is -4.14. The summed E-state index contributed by atoms with van der Waals surface area (Å²) in [6.07, 6.45) is -0.992. The summed E-state index contributed by atoms with van der Waals surface area (Å²) in [4.78, 5) is 9.54. The van der Waals surface area contributed by atoms with Gasteiger partial charge in [-0.1, -0.05) is 6.07 Å². The zero-order valence-electron chi connectivity index (χ0n) is 15.6. The first kappa shape index (κ1) is 20.4. The van der Waals surface area contributed by atoms with Gasteiger partial charge in [-0.2, -0.15) is 13.2 Å². The van der Waals surface area contributed by atoms with Crippen molar-refractivity contribution in [2.75, 3.05) is 46.3 Å². The molecule has 0 bridgehead atoms. The van der Waals surface area contributed by atoms with Gasteiger partial charge in [-0.05, 0) is 43.8 Å². The zero-order valence-corrected chi connectivity index (χ0v) is 16.5. The number of rotatable bonds is 6. The summed E-state index contributed by atoms with van der Waals surface area (Å²) < 4.78 is 37.7. The Morgan fingerprint density at radius 2 is 2.11 bits per heavy atom. The number of hydrogen-bond acceptors (Lipinski definition) is 4. The molecule has 3 heterocycles. The maximum atomic E-state index is 12.6. The Labute approximate surface area is 162 Å². The lowest BCUT2D eigenvalue weighted by atomic mass is 10.2. The van der Waals surface area contributed by atoms with Crippen LogP contribution in [0, 0.1) is 0 Å². The van der Waals surface area contributed by atoms with E-state index in [1.807, 2.05) is 0 Å². The van der Waals surface area contributed by atoms with Crippen LogP contribution in [0.25, 0.3) is 0 Å². The second-order valence-corrected chi connectivity index (χ2v) is 8.19. The topological polar surface area (TPSA) is 42.9 Å². The molecule has 5 nitrogen and oxygen atoms in total. The summed E-state index contributed by atoms with van der Waals surface area (Å²) in [7, 11) is 1.70. The number of aliphatic imine (C=N–C) groups is 1. The molecule has 0 aliphatic carbocycles. The van der Waals surface area contributed by atoms with Gasteiger partial charge in [0.05, 0.1) is 12.6 Å². The number of nitrogens with zero attached hydrogens (tertiary/aromatic N) is 3. The Bertz CT molecular complexity index is 599. The molecule has 0 spiro atoms. The molecule has 2 aliphatic rings. The van der Waals surface area contributed by atoms with E-state index in [9.17, 15) is 13.2 Å². The van der Waals surface area contributed by atoms with E-state index in [4.69, 9.17) is 0 Å². The van der Waals surface area contributed by atoms with Gasteiger partial charge >= 0.3 is 6.18 Å². The number of nitrogens with one attached hydrogen (secondary N) is 2. The van der Waals surface area contributed by atoms with Gasteiger partial charge in [-0.15, -0.1) is 11.3 Å².